The molecule has 0 bridgehead atoms. The number of nitrogens with zero attached hydrogens (tertiary/aromatic N) is 2. The third-order valence-corrected chi connectivity index (χ3v) is 4.56. The number of aliphatic imine (C=N–C) groups is 1. The fraction of sp³-hybridized carbons (Fsp3) is 0.562. The van der Waals surface area contributed by atoms with Crippen LogP contribution in [-0.2, 0) is 10.0 Å². The molecule has 136 valence electrons. The number of guanidine groups is 1. The Morgan fingerprint density at radius 3 is 2.67 bits per heavy atom. The Kier molecular flexibility index (Phi) is 8.99. The van der Waals surface area contributed by atoms with Crippen LogP contribution in [0.15, 0.2) is 35.3 Å². The fourth-order valence-electron chi connectivity index (χ4n) is 2.77. The van der Waals surface area contributed by atoms with Gasteiger partial charge in [-0.2, -0.15) is 0 Å². The van der Waals surface area contributed by atoms with Crippen molar-refractivity contribution in [3.05, 3.63) is 35.9 Å². The summed E-state index contributed by atoms with van der Waals surface area (Å²) in [6.07, 6.45) is 2.27. The van der Waals surface area contributed by atoms with Crippen LogP contribution in [0.25, 0.3) is 0 Å². The van der Waals surface area contributed by atoms with E-state index in [4.69, 9.17) is 0 Å². The second kappa shape index (κ2) is 10.2. The van der Waals surface area contributed by atoms with Crippen molar-refractivity contribution < 1.29 is 8.42 Å². The minimum Gasteiger partial charge on any atom is -0.357 e. The summed E-state index contributed by atoms with van der Waals surface area (Å²) in [6, 6.07) is 10.5. The van der Waals surface area contributed by atoms with Gasteiger partial charge in [-0.25, -0.2) is 13.1 Å². The summed E-state index contributed by atoms with van der Waals surface area (Å²) in [5.41, 5.74) is 1.37. The van der Waals surface area contributed by atoms with E-state index in [1.807, 2.05) is 13.0 Å². The van der Waals surface area contributed by atoms with Crippen molar-refractivity contribution in [1.29, 1.82) is 0 Å². The van der Waals surface area contributed by atoms with Crippen LogP contribution in [-0.4, -0.2) is 58.3 Å². The van der Waals surface area contributed by atoms with Crippen LogP contribution in [0.2, 0.25) is 0 Å². The van der Waals surface area contributed by atoms with Gasteiger partial charge >= 0.3 is 0 Å². The van der Waals surface area contributed by atoms with E-state index in [1.54, 1.807) is 0 Å². The molecule has 2 rings (SSSR count). The Bertz CT molecular complexity index is 622. The molecule has 1 saturated heterocycles. The van der Waals surface area contributed by atoms with E-state index in [-0.39, 0.29) is 24.0 Å². The van der Waals surface area contributed by atoms with Gasteiger partial charge in [0.15, 0.2) is 5.96 Å². The first-order chi connectivity index (χ1) is 11.0. The van der Waals surface area contributed by atoms with Crippen molar-refractivity contribution in [3.63, 3.8) is 0 Å². The molecule has 1 atom stereocenters. The number of hydrogen-bond donors (Lipinski definition) is 2. The lowest BCUT2D eigenvalue weighted by atomic mass is 9.99. The maximum Gasteiger partial charge on any atom is 0.208 e. The fourth-order valence-corrected chi connectivity index (χ4v) is 3.23. The van der Waals surface area contributed by atoms with E-state index in [9.17, 15) is 8.42 Å². The lowest BCUT2D eigenvalue weighted by Crippen LogP contribution is -2.40. The zero-order valence-corrected chi connectivity index (χ0v) is 17.4. The maximum atomic E-state index is 11.1. The summed E-state index contributed by atoms with van der Waals surface area (Å²) in [4.78, 5) is 6.78. The minimum atomic E-state index is -3.15. The number of sulfonamides is 1. The second-order valence-corrected chi connectivity index (χ2v) is 7.58. The van der Waals surface area contributed by atoms with E-state index in [0.717, 1.165) is 38.3 Å². The molecule has 6 nitrogen and oxygen atoms in total. The Morgan fingerprint density at radius 1 is 1.33 bits per heavy atom. The van der Waals surface area contributed by atoms with E-state index in [1.165, 1.54) is 5.56 Å². The topological polar surface area (TPSA) is 73.8 Å². The highest BCUT2D eigenvalue weighted by Gasteiger charge is 2.25. The monoisotopic (exact) mass is 466 g/mol. The Hall–Kier alpha value is -0.870. The summed E-state index contributed by atoms with van der Waals surface area (Å²) < 4.78 is 24.6. The Labute approximate surface area is 162 Å². The minimum absolute atomic E-state index is 0. The molecule has 1 aromatic carbocycles. The molecule has 1 fully saturated rings. The van der Waals surface area contributed by atoms with Crippen LogP contribution in [0.4, 0.5) is 0 Å². The van der Waals surface area contributed by atoms with Gasteiger partial charge in [0.25, 0.3) is 0 Å². The van der Waals surface area contributed by atoms with Crippen molar-refractivity contribution in [1.82, 2.24) is 14.9 Å². The number of benzene rings is 1. The first-order valence-electron chi connectivity index (χ1n) is 8.02. The lowest BCUT2D eigenvalue weighted by Gasteiger charge is -2.21. The molecular weight excluding hydrogens is 439 g/mol. The highest BCUT2D eigenvalue weighted by Crippen LogP contribution is 2.26. The summed E-state index contributed by atoms with van der Waals surface area (Å²) in [5.74, 6) is 1.38. The van der Waals surface area contributed by atoms with E-state index < -0.39 is 10.0 Å². The largest absolute Gasteiger partial charge is 0.357 e. The first kappa shape index (κ1) is 21.2. The second-order valence-electron chi connectivity index (χ2n) is 5.74. The molecule has 0 spiro atoms. The van der Waals surface area contributed by atoms with Crippen LogP contribution in [0.5, 0.6) is 0 Å². The summed E-state index contributed by atoms with van der Waals surface area (Å²) >= 11 is 0. The summed E-state index contributed by atoms with van der Waals surface area (Å²) in [7, 11) is -3.15. The molecule has 0 aromatic heterocycles. The van der Waals surface area contributed by atoms with Gasteiger partial charge in [0, 0.05) is 32.1 Å². The molecule has 1 aliphatic heterocycles. The molecule has 0 saturated carbocycles. The molecule has 0 amide bonds. The van der Waals surface area contributed by atoms with Crippen molar-refractivity contribution in [2.75, 3.05) is 39.0 Å². The molecule has 0 aliphatic carbocycles. The van der Waals surface area contributed by atoms with Gasteiger partial charge in [0.2, 0.25) is 10.0 Å². The predicted octanol–water partition coefficient (Wildman–Crippen LogP) is 1.61. The average Bonchev–Trinajstić information content (AvgIpc) is 3.00. The van der Waals surface area contributed by atoms with Gasteiger partial charge in [-0.1, -0.05) is 30.3 Å². The zero-order chi connectivity index (χ0) is 16.7. The third kappa shape index (κ3) is 6.94. The van der Waals surface area contributed by atoms with Gasteiger partial charge in [-0.3, -0.25) is 4.99 Å². The molecule has 1 aliphatic rings. The third-order valence-electron chi connectivity index (χ3n) is 3.83. The van der Waals surface area contributed by atoms with Gasteiger partial charge in [0.1, 0.15) is 0 Å². The molecular formula is C16H27IN4O2S. The number of hydrogen-bond acceptors (Lipinski definition) is 3. The van der Waals surface area contributed by atoms with Crippen LogP contribution in [0.3, 0.4) is 0 Å². The van der Waals surface area contributed by atoms with Crippen molar-refractivity contribution in [2.24, 2.45) is 4.99 Å². The van der Waals surface area contributed by atoms with Crippen LogP contribution in [0, 0.1) is 0 Å². The summed E-state index contributed by atoms with van der Waals surface area (Å²) in [5, 5.41) is 3.29. The maximum absolute atomic E-state index is 11.1. The van der Waals surface area contributed by atoms with Crippen LogP contribution < -0.4 is 10.0 Å². The Morgan fingerprint density at radius 2 is 2.04 bits per heavy atom. The SMILES string of the molecule is CCNC(=NCCNS(C)(=O)=O)N1CCC(c2ccccc2)C1.I. The van der Waals surface area contributed by atoms with Gasteiger partial charge in [0.05, 0.1) is 12.8 Å². The van der Waals surface area contributed by atoms with Gasteiger partial charge in [-0.15, -0.1) is 24.0 Å². The number of nitrogens with one attached hydrogen (secondary N) is 2. The van der Waals surface area contributed by atoms with E-state index in [0.29, 0.717) is 19.0 Å². The predicted molar refractivity (Wildman–Crippen MR) is 110 cm³/mol. The van der Waals surface area contributed by atoms with Crippen molar-refractivity contribution in [2.45, 2.75) is 19.3 Å². The quantitative estimate of drug-likeness (QED) is 0.289. The lowest BCUT2D eigenvalue weighted by molar-refractivity contribution is 0.486. The molecule has 24 heavy (non-hydrogen) atoms. The van der Waals surface area contributed by atoms with Crippen molar-refractivity contribution in [3.8, 4) is 0 Å². The smallest absolute Gasteiger partial charge is 0.208 e. The standard InChI is InChI=1S/C16H26N4O2S.HI/c1-3-17-16(18-10-11-19-23(2,21)22)20-12-9-15(13-20)14-7-5-4-6-8-14;/h4-8,15,19H,3,9-13H2,1-2H3,(H,17,18);1H. The zero-order valence-electron chi connectivity index (χ0n) is 14.2. The molecule has 1 unspecified atom stereocenters. The van der Waals surface area contributed by atoms with Gasteiger partial charge in [-0.05, 0) is 18.9 Å². The molecule has 1 heterocycles. The average molecular weight is 466 g/mol. The number of rotatable bonds is 6. The Balaban J connectivity index is 0.00000288. The highest BCUT2D eigenvalue weighted by atomic mass is 127. The molecule has 1 aromatic rings. The highest BCUT2D eigenvalue weighted by molar-refractivity contribution is 14.0. The van der Waals surface area contributed by atoms with Crippen LogP contribution in [0.1, 0.15) is 24.8 Å². The van der Waals surface area contributed by atoms with E-state index >= 15 is 0 Å². The molecule has 0 radical (unpaired) electrons. The van der Waals surface area contributed by atoms with E-state index in [2.05, 4.69) is 44.2 Å². The molecule has 8 heteroatoms. The number of likely N-dealkylation sites (tertiary alicyclic amines) is 1. The molecule has 2 N–H and O–H groups in total. The van der Waals surface area contributed by atoms with Crippen LogP contribution >= 0.6 is 24.0 Å². The van der Waals surface area contributed by atoms with Crippen molar-refractivity contribution >= 4 is 40.0 Å². The first-order valence-corrected chi connectivity index (χ1v) is 9.91. The number of halogens is 1. The van der Waals surface area contributed by atoms with Gasteiger partial charge < -0.3 is 10.2 Å². The summed E-state index contributed by atoms with van der Waals surface area (Å²) in [6.45, 7) is 5.49. The normalized spacial score (nSPS) is 18.3.